The van der Waals surface area contributed by atoms with Crippen LogP contribution in [0.2, 0.25) is 0 Å². The van der Waals surface area contributed by atoms with Crippen molar-refractivity contribution in [2.24, 2.45) is 0 Å². The second kappa shape index (κ2) is 12.4. The Hall–Kier alpha value is -7.67. The summed E-state index contributed by atoms with van der Waals surface area (Å²) in [5, 5.41) is 11.1. The fourth-order valence-electron chi connectivity index (χ4n) is 9.05. The van der Waals surface area contributed by atoms with E-state index in [0.29, 0.717) is 17.5 Å². The van der Waals surface area contributed by atoms with Gasteiger partial charge in [-0.15, -0.1) is 11.3 Å². The summed E-state index contributed by atoms with van der Waals surface area (Å²) in [7, 11) is 0. The molecule has 5 nitrogen and oxygen atoms in total. The first kappa shape index (κ1) is 32.4. The third kappa shape index (κ3) is 4.94. The van der Waals surface area contributed by atoms with Crippen LogP contribution in [0, 0.1) is 0 Å². The maximum atomic E-state index is 6.31. The third-order valence-electron chi connectivity index (χ3n) is 11.7. The zero-order valence-electron chi connectivity index (χ0n) is 31.3. The Balaban J connectivity index is 1.05. The Bertz CT molecular complexity index is 3870. The van der Waals surface area contributed by atoms with Gasteiger partial charge in [0.25, 0.3) is 0 Å². The monoisotopic (exact) mass is 771 g/mol. The fourth-order valence-corrected chi connectivity index (χ4v) is 10.2. The molecule has 0 aliphatic heterocycles. The Labute approximate surface area is 340 Å². The average Bonchev–Trinajstić information content (AvgIpc) is 3.98. The number of hydrogen-bond donors (Lipinski definition) is 0. The molecular formula is C53H29N3O2S. The van der Waals surface area contributed by atoms with Gasteiger partial charge in [-0.1, -0.05) is 127 Å². The quantitative estimate of drug-likeness (QED) is 0.178. The minimum atomic E-state index is 0.607. The second-order valence-electron chi connectivity index (χ2n) is 15.1. The summed E-state index contributed by atoms with van der Waals surface area (Å²) in [4.78, 5) is 16.0. The van der Waals surface area contributed by atoms with Gasteiger partial charge < -0.3 is 8.83 Å². The first-order chi connectivity index (χ1) is 29.2. The van der Waals surface area contributed by atoms with Crippen LogP contribution >= 0.6 is 11.3 Å². The number of thiophene rings is 1. The standard InChI is InChI=1S/C53H29N3O2S/c1-4-20-43-36(11-1)42-28-30-25-26-31(27-32(30)29-46(42)58-43)51-54-52(56-53(55-51)41-19-10-24-48-50(41)40-13-3-6-23-47(40)59-48)38-18-8-14-33-34(15-7-16-35(33)38)37-17-9-22-45-49(37)39-12-2-5-21-44(39)57-45/h1-29H. The van der Waals surface area contributed by atoms with Crippen molar-refractivity contribution in [1.82, 2.24) is 15.0 Å². The van der Waals surface area contributed by atoms with Crippen molar-refractivity contribution in [1.29, 1.82) is 0 Å². The van der Waals surface area contributed by atoms with E-state index in [-0.39, 0.29) is 0 Å². The third-order valence-corrected chi connectivity index (χ3v) is 12.9. The summed E-state index contributed by atoms with van der Waals surface area (Å²) < 4.78 is 15.0. The van der Waals surface area contributed by atoms with Crippen LogP contribution in [0.1, 0.15) is 0 Å². The van der Waals surface area contributed by atoms with E-state index in [1.165, 1.54) is 14.8 Å². The number of aromatic nitrogens is 3. The second-order valence-corrected chi connectivity index (χ2v) is 16.2. The SMILES string of the molecule is c1ccc2c(c1)oc1cc3cc(-c4nc(-c5cccc6c(-c7cccc8oc9ccccc9c78)cccc56)nc(-c5cccc6sc7ccccc7c56)n4)ccc3cc12. The molecule has 0 N–H and O–H groups in total. The number of hydrogen-bond acceptors (Lipinski definition) is 6. The number of benzene rings is 9. The molecule has 13 aromatic rings. The van der Waals surface area contributed by atoms with Gasteiger partial charge in [-0.25, -0.2) is 15.0 Å². The van der Waals surface area contributed by atoms with Gasteiger partial charge in [-0.3, -0.25) is 0 Å². The summed E-state index contributed by atoms with van der Waals surface area (Å²) in [6, 6.07) is 61.5. The number of para-hydroxylation sites is 2. The molecule has 0 unspecified atom stereocenters. The lowest BCUT2D eigenvalue weighted by Crippen LogP contribution is -2.01. The molecule has 0 aliphatic carbocycles. The van der Waals surface area contributed by atoms with E-state index < -0.39 is 0 Å². The molecule has 4 heterocycles. The Morgan fingerprint density at radius 3 is 1.80 bits per heavy atom. The minimum Gasteiger partial charge on any atom is -0.456 e. The van der Waals surface area contributed by atoms with Crippen LogP contribution in [0.5, 0.6) is 0 Å². The van der Waals surface area contributed by atoms with Crippen LogP contribution in [0.3, 0.4) is 0 Å². The summed E-state index contributed by atoms with van der Waals surface area (Å²) >= 11 is 1.79. The first-order valence-corrected chi connectivity index (χ1v) is 20.5. The lowest BCUT2D eigenvalue weighted by Gasteiger charge is -2.13. The molecule has 13 rings (SSSR count). The summed E-state index contributed by atoms with van der Waals surface area (Å²) in [6.45, 7) is 0. The predicted molar refractivity (Wildman–Crippen MR) is 244 cm³/mol. The highest BCUT2D eigenvalue weighted by Gasteiger charge is 2.20. The van der Waals surface area contributed by atoms with E-state index >= 15 is 0 Å². The van der Waals surface area contributed by atoms with Crippen molar-refractivity contribution >= 4 is 96.9 Å². The van der Waals surface area contributed by atoms with Crippen LogP contribution in [-0.2, 0) is 0 Å². The van der Waals surface area contributed by atoms with Gasteiger partial charge >= 0.3 is 0 Å². The molecule has 9 aromatic carbocycles. The van der Waals surface area contributed by atoms with Crippen molar-refractivity contribution in [3.05, 3.63) is 176 Å². The van der Waals surface area contributed by atoms with Crippen molar-refractivity contribution < 1.29 is 8.83 Å². The van der Waals surface area contributed by atoms with Gasteiger partial charge in [0, 0.05) is 58.4 Å². The molecule has 6 heteroatoms. The number of rotatable bonds is 4. The molecule has 0 radical (unpaired) electrons. The van der Waals surface area contributed by atoms with Gasteiger partial charge in [0.2, 0.25) is 0 Å². The van der Waals surface area contributed by atoms with Crippen LogP contribution in [0.4, 0.5) is 0 Å². The molecule has 0 fully saturated rings. The van der Waals surface area contributed by atoms with Gasteiger partial charge in [-0.05, 0) is 81.2 Å². The Morgan fingerprint density at radius 2 is 0.915 bits per heavy atom. The number of fused-ring (bicyclic) bond motifs is 11. The van der Waals surface area contributed by atoms with Gasteiger partial charge in [0.1, 0.15) is 22.3 Å². The summed E-state index contributed by atoms with van der Waals surface area (Å²) in [5.74, 6) is 1.86. The van der Waals surface area contributed by atoms with Crippen molar-refractivity contribution in [2.75, 3.05) is 0 Å². The molecule has 4 aromatic heterocycles. The Morgan fingerprint density at radius 1 is 0.322 bits per heavy atom. The summed E-state index contributed by atoms with van der Waals surface area (Å²) in [5.41, 5.74) is 8.55. The Kier molecular flexibility index (Phi) is 6.82. The van der Waals surface area contributed by atoms with Gasteiger partial charge in [-0.2, -0.15) is 0 Å². The molecule has 59 heavy (non-hydrogen) atoms. The van der Waals surface area contributed by atoms with E-state index in [4.69, 9.17) is 23.8 Å². The minimum absolute atomic E-state index is 0.607. The lowest BCUT2D eigenvalue weighted by molar-refractivity contribution is 0.669. The molecule has 0 spiro atoms. The van der Waals surface area contributed by atoms with Gasteiger partial charge in [0.05, 0.1) is 0 Å². The zero-order chi connectivity index (χ0) is 38.6. The molecule has 274 valence electrons. The van der Waals surface area contributed by atoms with E-state index in [2.05, 4.69) is 146 Å². The highest BCUT2D eigenvalue weighted by Crippen LogP contribution is 2.43. The lowest BCUT2D eigenvalue weighted by atomic mass is 9.93. The average molecular weight is 772 g/mol. The number of furan rings is 2. The topological polar surface area (TPSA) is 65.0 Å². The molecule has 0 aliphatic rings. The van der Waals surface area contributed by atoms with E-state index in [9.17, 15) is 0 Å². The van der Waals surface area contributed by atoms with Crippen molar-refractivity contribution in [3.63, 3.8) is 0 Å². The van der Waals surface area contributed by atoms with Crippen LogP contribution in [0.25, 0.3) is 131 Å². The van der Waals surface area contributed by atoms with Crippen LogP contribution in [0.15, 0.2) is 185 Å². The summed E-state index contributed by atoms with van der Waals surface area (Å²) in [6.07, 6.45) is 0. The van der Waals surface area contributed by atoms with Crippen LogP contribution in [-0.4, -0.2) is 15.0 Å². The molecular weight excluding hydrogens is 743 g/mol. The first-order valence-electron chi connectivity index (χ1n) is 19.7. The molecule has 0 atom stereocenters. The largest absolute Gasteiger partial charge is 0.456 e. The molecule has 0 saturated carbocycles. The smallest absolute Gasteiger partial charge is 0.164 e. The highest BCUT2D eigenvalue weighted by atomic mass is 32.1. The van der Waals surface area contributed by atoms with Gasteiger partial charge in [0.15, 0.2) is 17.5 Å². The van der Waals surface area contributed by atoms with Crippen LogP contribution < -0.4 is 0 Å². The van der Waals surface area contributed by atoms with Crippen molar-refractivity contribution in [3.8, 4) is 45.3 Å². The molecule has 0 saturated heterocycles. The molecule has 0 amide bonds. The van der Waals surface area contributed by atoms with Crippen molar-refractivity contribution in [2.45, 2.75) is 0 Å². The highest BCUT2D eigenvalue weighted by molar-refractivity contribution is 7.25. The zero-order valence-corrected chi connectivity index (χ0v) is 32.1. The van der Waals surface area contributed by atoms with E-state index in [1.807, 2.05) is 30.3 Å². The maximum Gasteiger partial charge on any atom is 0.164 e. The fraction of sp³-hybridized carbons (Fsp3) is 0. The maximum absolute atomic E-state index is 6.31. The number of nitrogens with zero attached hydrogens (tertiary/aromatic N) is 3. The van der Waals surface area contributed by atoms with E-state index in [1.54, 1.807) is 11.3 Å². The van der Waals surface area contributed by atoms with E-state index in [0.717, 1.165) is 98.6 Å². The predicted octanol–water partition coefficient (Wildman–Crippen LogP) is 15.0. The normalized spacial score (nSPS) is 12.1. The molecule has 0 bridgehead atoms.